The van der Waals surface area contributed by atoms with Crippen molar-refractivity contribution in [1.82, 2.24) is 4.90 Å². The van der Waals surface area contributed by atoms with Crippen molar-refractivity contribution in [3.63, 3.8) is 0 Å². The first-order chi connectivity index (χ1) is 11.7. The fraction of sp³-hybridized carbons (Fsp3) is 0.833. The minimum absolute atomic E-state index is 0.00712. The normalized spacial score (nSPS) is 14.6. The number of rotatable bonds is 7. The van der Waals surface area contributed by atoms with Crippen molar-refractivity contribution in [2.24, 2.45) is 5.11 Å². The van der Waals surface area contributed by atoms with Crippen LogP contribution >= 0.6 is 0 Å². The third kappa shape index (κ3) is 7.69. The summed E-state index contributed by atoms with van der Waals surface area (Å²) in [5.41, 5.74) is 8.09. The van der Waals surface area contributed by atoms with Crippen LogP contribution in [0, 0.1) is 12.3 Å². The highest BCUT2D eigenvalue weighted by molar-refractivity contribution is 6.74. The molecule has 1 amide bonds. The highest BCUT2D eigenvalue weighted by Gasteiger charge is 2.41. The minimum atomic E-state index is -2.09. The van der Waals surface area contributed by atoms with E-state index in [0.29, 0.717) is 0 Å². The van der Waals surface area contributed by atoms with Crippen molar-refractivity contribution < 1.29 is 14.0 Å². The van der Waals surface area contributed by atoms with Gasteiger partial charge in [-0.2, -0.15) is 0 Å². The molecule has 0 fully saturated rings. The van der Waals surface area contributed by atoms with E-state index in [1.165, 1.54) is 4.90 Å². The zero-order valence-corrected chi connectivity index (χ0v) is 18.7. The highest BCUT2D eigenvalue weighted by atomic mass is 28.4. The predicted octanol–water partition coefficient (Wildman–Crippen LogP) is 4.95. The molecule has 0 aliphatic carbocycles. The molecule has 0 unspecified atom stereocenters. The Morgan fingerprint density at radius 1 is 1.31 bits per heavy atom. The number of ether oxygens (including phenoxy) is 1. The molecule has 0 N–H and O–H groups in total. The van der Waals surface area contributed by atoms with E-state index in [4.69, 9.17) is 21.1 Å². The van der Waals surface area contributed by atoms with Crippen molar-refractivity contribution in [3.05, 3.63) is 10.4 Å². The van der Waals surface area contributed by atoms with Gasteiger partial charge in [0.2, 0.25) is 0 Å². The molecule has 0 heterocycles. The van der Waals surface area contributed by atoms with Gasteiger partial charge in [-0.1, -0.05) is 31.8 Å². The number of amides is 1. The number of carbonyl (C=O) groups excluding carboxylic acids is 1. The average molecular weight is 383 g/mol. The molecule has 7 nitrogen and oxygen atoms in total. The Hall–Kier alpha value is -1.68. The van der Waals surface area contributed by atoms with E-state index in [0.717, 1.165) is 0 Å². The molecule has 26 heavy (non-hydrogen) atoms. The van der Waals surface area contributed by atoms with Gasteiger partial charge in [0.1, 0.15) is 5.60 Å². The van der Waals surface area contributed by atoms with Crippen molar-refractivity contribution in [2.75, 3.05) is 13.1 Å². The Morgan fingerprint density at radius 2 is 1.85 bits per heavy atom. The Balaban J connectivity index is 5.68. The Bertz CT molecular complexity index is 566. The van der Waals surface area contributed by atoms with Crippen molar-refractivity contribution >= 4 is 14.4 Å². The summed E-state index contributed by atoms with van der Waals surface area (Å²) < 4.78 is 11.9. The zero-order valence-electron chi connectivity index (χ0n) is 17.7. The number of azide groups is 1. The highest BCUT2D eigenvalue weighted by Crippen LogP contribution is 2.38. The van der Waals surface area contributed by atoms with Crippen LogP contribution in [0.5, 0.6) is 0 Å². The molecule has 148 valence electrons. The third-order valence-electron chi connectivity index (χ3n) is 4.45. The minimum Gasteiger partial charge on any atom is -0.444 e. The summed E-state index contributed by atoms with van der Waals surface area (Å²) in [6.07, 6.45) is 4.56. The lowest BCUT2D eigenvalue weighted by molar-refractivity contribution is 0.00477. The first-order valence-corrected chi connectivity index (χ1v) is 11.7. The topological polar surface area (TPSA) is 87.5 Å². The first-order valence-electron chi connectivity index (χ1n) is 8.78. The van der Waals surface area contributed by atoms with E-state index in [-0.39, 0.29) is 24.2 Å². The molecule has 0 saturated heterocycles. The second kappa shape index (κ2) is 9.31. The number of nitrogens with zero attached hydrogens (tertiary/aromatic N) is 4. The fourth-order valence-corrected chi connectivity index (χ4v) is 3.52. The van der Waals surface area contributed by atoms with Crippen LogP contribution in [0.4, 0.5) is 4.79 Å². The predicted molar refractivity (Wildman–Crippen MR) is 107 cm³/mol. The summed E-state index contributed by atoms with van der Waals surface area (Å²) in [7, 11) is -2.09. The summed E-state index contributed by atoms with van der Waals surface area (Å²) >= 11 is 0. The van der Waals surface area contributed by atoms with Gasteiger partial charge < -0.3 is 9.16 Å². The molecule has 0 saturated carbocycles. The van der Waals surface area contributed by atoms with Gasteiger partial charge in [-0.05, 0) is 51.4 Å². The van der Waals surface area contributed by atoms with Crippen LogP contribution < -0.4 is 0 Å². The second-order valence-electron chi connectivity index (χ2n) is 8.88. The lowest BCUT2D eigenvalue weighted by Crippen LogP contribution is -2.54. The maximum atomic E-state index is 12.6. The van der Waals surface area contributed by atoms with Crippen LogP contribution in [-0.2, 0) is 9.16 Å². The van der Waals surface area contributed by atoms with Gasteiger partial charge in [0.05, 0.1) is 18.7 Å². The molecule has 0 rings (SSSR count). The number of terminal acetylenes is 1. The molecule has 0 radical (unpaired) electrons. The summed E-state index contributed by atoms with van der Waals surface area (Å²) in [6.45, 7) is 18.0. The van der Waals surface area contributed by atoms with Gasteiger partial charge in [-0.15, -0.1) is 6.42 Å². The van der Waals surface area contributed by atoms with Crippen LogP contribution in [0.1, 0.15) is 48.5 Å². The van der Waals surface area contributed by atoms with Crippen LogP contribution in [0.2, 0.25) is 18.1 Å². The summed E-state index contributed by atoms with van der Waals surface area (Å²) in [6, 6.07) is -0.508. The van der Waals surface area contributed by atoms with Crippen LogP contribution in [0.3, 0.4) is 0 Å². The van der Waals surface area contributed by atoms with Crippen LogP contribution in [-0.4, -0.2) is 50.1 Å². The second-order valence-corrected chi connectivity index (χ2v) is 13.6. The van der Waals surface area contributed by atoms with Gasteiger partial charge in [0.25, 0.3) is 0 Å². The Kier molecular flexibility index (Phi) is 8.71. The van der Waals surface area contributed by atoms with Gasteiger partial charge in [0, 0.05) is 11.5 Å². The van der Waals surface area contributed by atoms with Crippen LogP contribution in [0.25, 0.3) is 10.4 Å². The summed E-state index contributed by atoms with van der Waals surface area (Å²) in [5.74, 6) is 2.49. The van der Waals surface area contributed by atoms with Crippen molar-refractivity contribution in [3.8, 4) is 12.3 Å². The third-order valence-corrected chi connectivity index (χ3v) is 9.02. The van der Waals surface area contributed by atoms with E-state index in [9.17, 15) is 4.79 Å². The standard InChI is InChI=1S/C18H34N4O3Si/c1-11-12-22(16(23)24-17(3,4)5)15(13-20-21-19)14(2)25-26(9,10)18(6,7)8/h1,14-15H,12-13H2,2-10H3/t14-,15-/m1/s1. The van der Waals surface area contributed by atoms with E-state index in [1.807, 2.05) is 6.92 Å². The van der Waals surface area contributed by atoms with Crippen LogP contribution in [0.15, 0.2) is 5.11 Å². The molecule has 0 aromatic heterocycles. The SMILES string of the molecule is C#CCN(C(=O)OC(C)(C)C)[C@H](CN=[N+]=[N-])[C@@H](C)O[Si](C)(C)C(C)(C)C. The Morgan fingerprint density at radius 3 is 2.23 bits per heavy atom. The fourth-order valence-electron chi connectivity index (χ4n) is 2.08. The Labute approximate surface area is 159 Å². The summed E-state index contributed by atoms with van der Waals surface area (Å²) in [4.78, 5) is 16.9. The van der Waals surface area contributed by atoms with E-state index >= 15 is 0 Å². The summed E-state index contributed by atoms with van der Waals surface area (Å²) in [5, 5.41) is 3.67. The first kappa shape index (κ1) is 24.3. The molecule has 8 heteroatoms. The molecule has 0 aliphatic heterocycles. The zero-order chi connectivity index (χ0) is 20.8. The van der Waals surface area contributed by atoms with Crippen molar-refractivity contribution in [2.45, 2.75) is 84.3 Å². The van der Waals surface area contributed by atoms with Gasteiger partial charge in [0.15, 0.2) is 8.32 Å². The maximum absolute atomic E-state index is 12.6. The number of hydrogen-bond donors (Lipinski definition) is 0. The molecule has 2 atom stereocenters. The molecule has 0 aromatic rings. The lowest BCUT2D eigenvalue weighted by atomic mass is 10.1. The maximum Gasteiger partial charge on any atom is 0.411 e. The molecule has 0 aliphatic rings. The molecule has 0 spiro atoms. The van der Waals surface area contributed by atoms with E-state index in [1.54, 1.807) is 20.8 Å². The molecule has 0 bridgehead atoms. The average Bonchev–Trinajstić information content (AvgIpc) is 2.42. The largest absolute Gasteiger partial charge is 0.444 e. The number of carbonyl (C=O) groups is 1. The van der Waals surface area contributed by atoms with Gasteiger partial charge in [-0.25, -0.2) is 4.79 Å². The van der Waals surface area contributed by atoms with E-state index < -0.39 is 26.1 Å². The van der Waals surface area contributed by atoms with Gasteiger partial charge >= 0.3 is 6.09 Å². The molecule has 0 aromatic carbocycles. The molecular weight excluding hydrogens is 348 g/mol. The quantitative estimate of drug-likeness (QED) is 0.205. The number of hydrogen-bond acceptors (Lipinski definition) is 4. The van der Waals surface area contributed by atoms with Crippen molar-refractivity contribution in [1.29, 1.82) is 0 Å². The monoisotopic (exact) mass is 382 g/mol. The smallest absolute Gasteiger partial charge is 0.411 e. The van der Waals surface area contributed by atoms with Gasteiger partial charge in [-0.3, -0.25) is 4.90 Å². The molecular formula is C18H34N4O3Si. The van der Waals surface area contributed by atoms with E-state index in [2.05, 4.69) is 49.8 Å². The lowest BCUT2D eigenvalue weighted by Gasteiger charge is -2.42.